The van der Waals surface area contributed by atoms with E-state index in [0.717, 1.165) is 17.7 Å². The van der Waals surface area contributed by atoms with E-state index in [-0.39, 0.29) is 11.7 Å². The van der Waals surface area contributed by atoms with E-state index in [1.807, 2.05) is 6.07 Å². The maximum atomic E-state index is 12.9. The van der Waals surface area contributed by atoms with Crippen molar-refractivity contribution >= 4 is 17.3 Å². The summed E-state index contributed by atoms with van der Waals surface area (Å²) in [5.41, 5.74) is 3.26. The lowest BCUT2D eigenvalue weighted by Crippen LogP contribution is -2.14. The Morgan fingerprint density at radius 2 is 1.70 bits per heavy atom. The number of carbonyl (C=O) groups excluding carboxylic acids is 1. The number of aromatic nitrogens is 1. The van der Waals surface area contributed by atoms with Gasteiger partial charge in [-0.15, -0.1) is 0 Å². The van der Waals surface area contributed by atoms with Crippen LogP contribution in [0.2, 0.25) is 0 Å². The van der Waals surface area contributed by atoms with Gasteiger partial charge in [-0.05, 0) is 60.5 Å². The van der Waals surface area contributed by atoms with Gasteiger partial charge in [-0.1, -0.05) is 12.1 Å². The maximum absolute atomic E-state index is 12.9. The summed E-state index contributed by atoms with van der Waals surface area (Å²) >= 11 is 0. The standard InChI is InChI=1S/C21H17FN4O/c22-17-5-1-15(2-6-17)11-12-24-19-9-10-20(25-14-19)21(27)26-18-7-3-16(13-23)4-8-18/h1-10,14,24H,11-12H2,(H,26,27). The van der Waals surface area contributed by atoms with E-state index in [1.165, 1.54) is 12.1 Å². The number of hydrogen-bond acceptors (Lipinski definition) is 4. The molecule has 0 aliphatic heterocycles. The molecule has 0 unspecified atom stereocenters. The van der Waals surface area contributed by atoms with Crippen LogP contribution in [0.3, 0.4) is 0 Å². The number of nitriles is 1. The van der Waals surface area contributed by atoms with Crippen molar-refractivity contribution in [3.05, 3.63) is 89.5 Å². The largest absolute Gasteiger partial charge is 0.383 e. The minimum atomic E-state index is -0.322. The highest BCUT2D eigenvalue weighted by molar-refractivity contribution is 6.02. The highest BCUT2D eigenvalue weighted by Crippen LogP contribution is 2.12. The molecule has 2 N–H and O–H groups in total. The summed E-state index contributed by atoms with van der Waals surface area (Å²) < 4.78 is 12.9. The van der Waals surface area contributed by atoms with Crippen molar-refractivity contribution in [2.24, 2.45) is 0 Å². The smallest absolute Gasteiger partial charge is 0.274 e. The van der Waals surface area contributed by atoms with Gasteiger partial charge in [0.1, 0.15) is 11.5 Å². The normalized spacial score (nSPS) is 10.1. The first-order chi connectivity index (χ1) is 13.1. The van der Waals surface area contributed by atoms with Crippen LogP contribution < -0.4 is 10.6 Å². The van der Waals surface area contributed by atoms with Crippen molar-refractivity contribution in [2.45, 2.75) is 6.42 Å². The number of nitrogens with zero attached hydrogens (tertiary/aromatic N) is 2. The molecule has 3 rings (SSSR count). The molecule has 1 heterocycles. The number of pyridine rings is 1. The fourth-order valence-electron chi connectivity index (χ4n) is 2.46. The molecule has 0 saturated carbocycles. The molecular formula is C21H17FN4O. The Balaban J connectivity index is 1.52. The molecule has 5 nitrogen and oxygen atoms in total. The van der Waals surface area contributed by atoms with Gasteiger partial charge in [0.25, 0.3) is 5.91 Å². The van der Waals surface area contributed by atoms with E-state index in [4.69, 9.17) is 5.26 Å². The highest BCUT2D eigenvalue weighted by atomic mass is 19.1. The molecule has 0 fully saturated rings. The minimum absolute atomic E-state index is 0.245. The number of halogens is 1. The Labute approximate surface area is 156 Å². The molecule has 1 aromatic heterocycles. The number of carbonyl (C=O) groups is 1. The molecule has 134 valence electrons. The fourth-order valence-corrected chi connectivity index (χ4v) is 2.46. The molecule has 0 aliphatic carbocycles. The SMILES string of the molecule is N#Cc1ccc(NC(=O)c2ccc(NCCc3ccc(F)cc3)cn2)cc1. The summed E-state index contributed by atoms with van der Waals surface area (Å²) in [4.78, 5) is 16.4. The average molecular weight is 360 g/mol. The number of amides is 1. The van der Waals surface area contributed by atoms with Crippen LogP contribution in [0.25, 0.3) is 0 Å². The molecule has 0 aliphatic rings. The van der Waals surface area contributed by atoms with Gasteiger partial charge in [-0.2, -0.15) is 5.26 Å². The second-order valence-electron chi connectivity index (χ2n) is 5.88. The Morgan fingerprint density at radius 1 is 1.00 bits per heavy atom. The first-order valence-electron chi connectivity index (χ1n) is 8.40. The molecule has 2 aromatic carbocycles. The van der Waals surface area contributed by atoms with Gasteiger partial charge in [0.05, 0.1) is 23.5 Å². The summed E-state index contributed by atoms with van der Waals surface area (Å²) in [7, 11) is 0. The van der Waals surface area contributed by atoms with Crippen LogP contribution in [0.4, 0.5) is 15.8 Å². The second kappa shape index (κ2) is 8.59. The first kappa shape index (κ1) is 18.1. The van der Waals surface area contributed by atoms with Crippen molar-refractivity contribution in [1.29, 1.82) is 5.26 Å². The molecule has 0 saturated heterocycles. The summed E-state index contributed by atoms with van der Waals surface area (Å²) in [5, 5.41) is 14.7. The number of hydrogen-bond donors (Lipinski definition) is 2. The van der Waals surface area contributed by atoms with Crippen molar-refractivity contribution in [3.8, 4) is 6.07 Å². The topological polar surface area (TPSA) is 77.8 Å². The Bertz CT molecular complexity index is 945. The number of rotatable bonds is 6. The van der Waals surface area contributed by atoms with Gasteiger partial charge in [-0.3, -0.25) is 4.79 Å². The first-order valence-corrected chi connectivity index (χ1v) is 8.40. The van der Waals surface area contributed by atoms with Crippen LogP contribution in [0, 0.1) is 17.1 Å². The van der Waals surface area contributed by atoms with Crippen molar-refractivity contribution in [2.75, 3.05) is 17.2 Å². The molecule has 0 spiro atoms. The molecule has 3 aromatic rings. The number of anilines is 2. The quantitative estimate of drug-likeness (QED) is 0.696. The maximum Gasteiger partial charge on any atom is 0.274 e. The molecule has 0 bridgehead atoms. The third-order valence-corrected chi connectivity index (χ3v) is 3.92. The van der Waals surface area contributed by atoms with Gasteiger partial charge >= 0.3 is 0 Å². The average Bonchev–Trinajstić information content (AvgIpc) is 2.70. The van der Waals surface area contributed by atoms with Crippen LogP contribution in [0.1, 0.15) is 21.6 Å². The summed E-state index contributed by atoms with van der Waals surface area (Å²) in [6.45, 7) is 0.671. The van der Waals surface area contributed by atoms with E-state index in [0.29, 0.717) is 23.5 Å². The zero-order chi connectivity index (χ0) is 19.1. The van der Waals surface area contributed by atoms with Crippen LogP contribution >= 0.6 is 0 Å². The van der Waals surface area contributed by atoms with E-state index in [1.54, 1.807) is 54.7 Å². The van der Waals surface area contributed by atoms with E-state index in [2.05, 4.69) is 15.6 Å². The third-order valence-electron chi connectivity index (χ3n) is 3.92. The monoisotopic (exact) mass is 360 g/mol. The Morgan fingerprint density at radius 3 is 2.33 bits per heavy atom. The van der Waals surface area contributed by atoms with Crippen LogP contribution in [0.15, 0.2) is 66.9 Å². The second-order valence-corrected chi connectivity index (χ2v) is 5.88. The predicted molar refractivity (Wildman–Crippen MR) is 102 cm³/mol. The Kier molecular flexibility index (Phi) is 5.75. The van der Waals surface area contributed by atoms with E-state index in [9.17, 15) is 9.18 Å². The van der Waals surface area contributed by atoms with Crippen molar-refractivity contribution in [3.63, 3.8) is 0 Å². The van der Waals surface area contributed by atoms with Gasteiger partial charge in [0, 0.05) is 12.2 Å². The Hall–Kier alpha value is -3.72. The van der Waals surface area contributed by atoms with Crippen LogP contribution in [-0.2, 0) is 6.42 Å². The van der Waals surface area contributed by atoms with Gasteiger partial charge in [0.15, 0.2) is 0 Å². The summed E-state index contributed by atoms with van der Waals surface area (Å²) in [5.74, 6) is -0.566. The third kappa shape index (κ3) is 5.13. The lowest BCUT2D eigenvalue weighted by molar-refractivity contribution is 0.102. The van der Waals surface area contributed by atoms with E-state index < -0.39 is 0 Å². The van der Waals surface area contributed by atoms with Crippen molar-refractivity contribution < 1.29 is 9.18 Å². The van der Waals surface area contributed by atoms with Crippen molar-refractivity contribution in [1.82, 2.24) is 4.98 Å². The van der Waals surface area contributed by atoms with Gasteiger partial charge in [-0.25, -0.2) is 9.37 Å². The molecule has 0 radical (unpaired) electrons. The lowest BCUT2D eigenvalue weighted by atomic mass is 10.1. The predicted octanol–water partition coefficient (Wildman–Crippen LogP) is 4.00. The fraction of sp³-hybridized carbons (Fsp3) is 0.0952. The van der Waals surface area contributed by atoms with Gasteiger partial charge in [0.2, 0.25) is 0 Å². The molecule has 6 heteroatoms. The minimum Gasteiger partial charge on any atom is -0.383 e. The zero-order valence-corrected chi connectivity index (χ0v) is 14.4. The van der Waals surface area contributed by atoms with Crippen LogP contribution in [-0.4, -0.2) is 17.4 Å². The molecular weight excluding hydrogens is 343 g/mol. The lowest BCUT2D eigenvalue weighted by Gasteiger charge is -2.08. The molecule has 0 atom stereocenters. The highest BCUT2D eigenvalue weighted by Gasteiger charge is 2.07. The number of benzene rings is 2. The van der Waals surface area contributed by atoms with Crippen LogP contribution in [0.5, 0.6) is 0 Å². The number of nitrogens with one attached hydrogen (secondary N) is 2. The summed E-state index contributed by atoms with van der Waals surface area (Å²) in [6, 6.07) is 18.5. The molecule has 27 heavy (non-hydrogen) atoms. The summed E-state index contributed by atoms with van der Waals surface area (Å²) in [6.07, 6.45) is 2.35. The zero-order valence-electron chi connectivity index (χ0n) is 14.4. The van der Waals surface area contributed by atoms with E-state index >= 15 is 0 Å². The molecule has 1 amide bonds. The van der Waals surface area contributed by atoms with Gasteiger partial charge < -0.3 is 10.6 Å².